The molecule has 1 aliphatic rings. The van der Waals surface area contributed by atoms with Crippen molar-refractivity contribution in [3.63, 3.8) is 0 Å². The maximum Gasteiger partial charge on any atom is 0.290 e. The summed E-state index contributed by atoms with van der Waals surface area (Å²) in [5, 5.41) is 0. The Morgan fingerprint density at radius 2 is 2.20 bits per heavy atom. The largest absolute Gasteiger partial charge is 0.299 e. The van der Waals surface area contributed by atoms with Crippen molar-refractivity contribution in [3.8, 4) is 11.4 Å². The third-order valence-electron chi connectivity index (χ3n) is 3.99. The lowest BCUT2D eigenvalue weighted by atomic mass is 10.2. The fraction of sp³-hybridized carbons (Fsp3) is 0.133. The lowest BCUT2D eigenvalue weighted by Crippen LogP contribution is -2.29. The molecule has 0 amide bonds. The van der Waals surface area contributed by atoms with Gasteiger partial charge in [0.15, 0.2) is 11.0 Å². The average Bonchev–Trinajstić information content (AvgIpc) is 3.13. The van der Waals surface area contributed by atoms with E-state index in [1.165, 1.54) is 4.57 Å². The van der Waals surface area contributed by atoms with Gasteiger partial charge < -0.3 is 0 Å². The maximum absolute atomic E-state index is 8.04. The van der Waals surface area contributed by atoms with Gasteiger partial charge in [-0.3, -0.25) is 9.38 Å². The van der Waals surface area contributed by atoms with Crippen molar-refractivity contribution in [1.82, 2.24) is 18.9 Å². The molecule has 96 valence electrons. The van der Waals surface area contributed by atoms with Crippen molar-refractivity contribution in [2.24, 2.45) is 6.98 Å². The molecule has 0 atom stereocenters. The van der Waals surface area contributed by atoms with Crippen molar-refractivity contribution in [2.45, 2.75) is 6.54 Å². The summed E-state index contributed by atoms with van der Waals surface area (Å²) in [4.78, 5) is 8.26. The zero-order chi connectivity index (χ0) is 15.8. The van der Waals surface area contributed by atoms with Gasteiger partial charge in [0, 0.05) is 24.2 Å². The van der Waals surface area contributed by atoms with Crippen LogP contribution in [0.2, 0.25) is 0 Å². The Kier molecular flexibility index (Phi) is 1.27. The summed E-state index contributed by atoms with van der Waals surface area (Å²) < 4.78 is 29.5. The van der Waals surface area contributed by atoms with Crippen molar-refractivity contribution >= 4 is 16.6 Å². The molecule has 4 aromatic rings. The summed E-state index contributed by atoms with van der Waals surface area (Å²) in [5.41, 5.74) is 4.41. The van der Waals surface area contributed by atoms with Gasteiger partial charge in [0.25, 0.3) is 5.82 Å². The number of nitrogens with zero attached hydrogens (tertiary/aromatic N) is 5. The first-order valence-corrected chi connectivity index (χ1v) is 6.38. The predicted molar refractivity (Wildman–Crippen MR) is 74.2 cm³/mol. The van der Waals surface area contributed by atoms with Gasteiger partial charge in [-0.1, -0.05) is 0 Å². The molecule has 4 aromatic heterocycles. The van der Waals surface area contributed by atoms with Gasteiger partial charge in [-0.05, 0) is 12.1 Å². The number of rotatable bonds is 0. The van der Waals surface area contributed by atoms with E-state index in [0.29, 0.717) is 17.9 Å². The molecule has 5 rings (SSSR count). The van der Waals surface area contributed by atoms with E-state index < -0.39 is 6.98 Å². The summed E-state index contributed by atoms with van der Waals surface area (Å²) >= 11 is 0. The number of aryl methyl sites for hydroxylation is 1. The Bertz CT molecular complexity index is 1090. The quantitative estimate of drug-likeness (QED) is 0.398. The standard InChI is InChI=1S/C15H12N5/c1-18-14-12-3-5-17-9-19(12)8-13(14)20-7-10-6-16-4-2-11(10)15(18)20/h2-6,8-9H,7H2,1H3/q+1/i1D3. The van der Waals surface area contributed by atoms with E-state index in [2.05, 4.69) is 9.97 Å². The van der Waals surface area contributed by atoms with Gasteiger partial charge in [0.1, 0.15) is 6.54 Å². The van der Waals surface area contributed by atoms with Crippen LogP contribution < -0.4 is 4.57 Å². The fourth-order valence-corrected chi connectivity index (χ4v) is 3.14. The number of hydrogen-bond acceptors (Lipinski definition) is 2. The average molecular weight is 265 g/mol. The van der Waals surface area contributed by atoms with Crippen LogP contribution in [0.25, 0.3) is 27.9 Å². The molecule has 0 bridgehead atoms. The lowest BCUT2D eigenvalue weighted by Gasteiger charge is -1.95. The van der Waals surface area contributed by atoms with E-state index in [9.17, 15) is 0 Å². The summed E-state index contributed by atoms with van der Waals surface area (Å²) in [7, 11) is 0. The van der Waals surface area contributed by atoms with Crippen molar-refractivity contribution in [2.75, 3.05) is 0 Å². The van der Waals surface area contributed by atoms with Crippen LogP contribution in [-0.4, -0.2) is 18.9 Å². The molecule has 0 N–H and O–H groups in total. The van der Waals surface area contributed by atoms with E-state index in [-0.39, 0.29) is 0 Å². The molecule has 1 aliphatic heterocycles. The molecular formula is C15H12N5+. The summed E-state index contributed by atoms with van der Waals surface area (Å²) in [6.45, 7) is -1.64. The normalized spacial score (nSPS) is 15.9. The first kappa shape index (κ1) is 7.79. The van der Waals surface area contributed by atoms with Gasteiger partial charge in [-0.2, -0.15) is 0 Å². The Labute approximate surface area is 119 Å². The highest BCUT2D eigenvalue weighted by molar-refractivity contribution is 5.91. The highest BCUT2D eigenvalue weighted by atomic mass is 15.2. The molecule has 5 heterocycles. The Balaban J connectivity index is 2.01. The minimum atomic E-state index is -2.27. The second-order valence-corrected chi connectivity index (χ2v) is 5.01. The lowest BCUT2D eigenvalue weighted by molar-refractivity contribution is -0.633. The van der Waals surface area contributed by atoms with E-state index in [1.807, 2.05) is 27.3 Å². The number of pyridine rings is 1. The maximum atomic E-state index is 8.04. The van der Waals surface area contributed by atoms with Crippen molar-refractivity contribution in [3.05, 3.63) is 48.8 Å². The molecule has 5 nitrogen and oxygen atoms in total. The zero-order valence-corrected chi connectivity index (χ0v) is 10.5. The molecular weight excluding hydrogens is 250 g/mol. The predicted octanol–water partition coefficient (Wildman–Crippen LogP) is 1.54. The second kappa shape index (κ2) is 3.25. The van der Waals surface area contributed by atoms with E-state index in [4.69, 9.17) is 4.11 Å². The summed E-state index contributed by atoms with van der Waals surface area (Å²) in [6, 6.07) is 3.72. The minimum absolute atomic E-state index is 0.627. The van der Waals surface area contributed by atoms with Crippen molar-refractivity contribution in [1.29, 1.82) is 0 Å². The highest BCUT2D eigenvalue weighted by Crippen LogP contribution is 2.34. The summed E-state index contributed by atoms with van der Waals surface area (Å²) in [6.07, 6.45) is 8.81. The second-order valence-electron chi connectivity index (χ2n) is 5.01. The highest BCUT2D eigenvalue weighted by Gasteiger charge is 2.34. The van der Waals surface area contributed by atoms with Crippen LogP contribution in [0.15, 0.2) is 43.2 Å². The molecule has 0 fully saturated rings. The van der Waals surface area contributed by atoms with E-state index in [0.717, 1.165) is 22.2 Å². The van der Waals surface area contributed by atoms with Crippen LogP contribution in [-0.2, 0) is 13.5 Å². The molecule has 0 spiro atoms. The molecule has 0 aliphatic carbocycles. The number of aromatic nitrogens is 5. The molecule has 0 saturated carbocycles. The fourth-order valence-electron chi connectivity index (χ4n) is 3.14. The molecule has 0 radical (unpaired) electrons. The first-order chi connectivity index (χ1) is 11.1. The van der Waals surface area contributed by atoms with Gasteiger partial charge in [0.05, 0.1) is 34.7 Å². The van der Waals surface area contributed by atoms with Crippen LogP contribution in [0.3, 0.4) is 0 Å². The van der Waals surface area contributed by atoms with Crippen LogP contribution in [0, 0.1) is 0 Å². The summed E-state index contributed by atoms with van der Waals surface area (Å²) in [5.74, 6) is 0.715. The van der Waals surface area contributed by atoms with E-state index >= 15 is 0 Å². The van der Waals surface area contributed by atoms with Crippen molar-refractivity contribution < 1.29 is 8.68 Å². The molecule has 0 unspecified atom stereocenters. The first-order valence-electron chi connectivity index (χ1n) is 7.88. The SMILES string of the molecule is [2H]C([2H])([2H])[n+]1c2n(c3cn4cnccc4c31)Cc1cnccc1-2. The van der Waals surface area contributed by atoms with Crippen LogP contribution in [0.1, 0.15) is 9.68 Å². The molecule has 20 heavy (non-hydrogen) atoms. The van der Waals surface area contributed by atoms with Crippen LogP contribution in [0.4, 0.5) is 0 Å². The Morgan fingerprint density at radius 3 is 3.15 bits per heavy atom. The monoisotopic (exact) mass is 265 g/mol. The van der Waals surface area contributed by atoms with Gasteiger partial charge in [-0.15, -0.1) is 0 Å². The topological polar surface area (TPSA) is 39.0 Å². The van der Waals surface area contributed by atoms with E-state index in [1.54, 1.807) is 24.9 Å². The van der Waals surface area contributed by atoms with Gasteiger partial charge in [0.2, 0.25) is 0 Å². The Hall–Kier alpha value is -2.69. The van der Waals surface area contributed by atoms with Crippen LogP contribution in [0.5, 0.6) is 0 Å². The number of imidazole rings is 1. The third-order valence-corrected chi connectivity index (χ3v) is 3.99. The molecule has 0 saturated heterocycles. The molecule has 0 aromatic carbocycles. The smallest absolute Gasteiger partial charge is 0.290 e. The number of hydrogen-bond donors (Lipinski definition) is 0. The third kappa shape index (κ3) is 1.02. The minimum Gasteiger partial charge on any atom is -0.299 e. The van der Waals surface area contributed by atoms with Gasteiger partial charge in [-0.25, -0.2) is 14.1 Å². The van der Waals surface area contributed by atoms with Gasteiger partial charge >= 0.3 is 0 Å². The molecule has 5 heteroatoms. The van der Waals surface area contributed by atoms with Crippen LogP contribution >= 0.6 is 0 Å². The zero-order valence-electron chi connectivity index (χ0n) is 13.5. The Morgan fingerprint density at radius 1 is 1.25 bits per heavy atom. The number of fused-ring (bicyclic) bond motifs is 7.